The zero-order valence-corrected chi connectivity index (χ0v) is 10.3. The number of nitrogens with one attached hydrogen (secondary N) is 1. The Balaban J connectivity index is 2.21. The molecular weight excluding hydrogens is 243 g/mol. The zero-order valence-electron chi connectivity index (χ0n) is 9.54. The first-order valence-electron chi connectivity index (χ1n) is 5.53. The van der Waals surface area contributed by atoms with Crippen LogP contribution in [0.5, 0.6) is 0 Å². The predicted octanol–water partition coefficient (Wildman–Crippen LogP) is 1.91. The van der Waals surface area contributed by atoms with Gasteiger partial charge < -0.3 is 10.2 Å². The second-order valence-electron chi connectivity index (χ2n) is 4.16. The number of likely N-dealkylation sites (N-methyl/N-ethyl adjacent to an activating group) is 1. The molecule has 3 nitrogen and oxygen atoms in total. The fourth-order valence-corrected chi connectivity index (χ4v) is 2.20. The molecule has 1 aliphatic heterocycles. The SMILES string of the molecule is CN(C(=O)c1cccc(F)c1Cl)[C@@H]1CCNC1. The molecule has 1 amide bonds. The Morgan fingerprint density at radius 3 is 3.00 bits per heavy atom. The number of nitrogens with zero attached hydrogens (tertiary/aromatic N) is 1. The highest BCUT2D eigenvalue weighted by Gasteiger charge is 2.25. The van der Waals surface area contributed by atoms with E-state index in [2.05, 4.69) is 5.32 Å². The zero-order chi connectivity index (χ0) is 12.4. The fourth-order valence-electron chi connectivity index (χ4n) is 1.99. The van der Waals surface area contributed by atoms with Crippen molar-refractivity contribution in [2.75, 3.05) is 20.1 Å². The number of amides is 1. The Bertz CT molecular complexity index is 433. The highest BCUT2D eigenvalue weighted by atomic mass is 35.5. The molecule has 0 radical (unpaired) electrons. The van der Waals surface area contributed by atoms with E-state index in [0.717, 1.165) is 19.5 Å². The lowest BCUT2D eigenvalue weighted by Gasteiger charge is -2.24. The number of carbonyl (C=O) groups excluding carboxylic acids is 1. The van der Waals surface area contributed by atoms with Crippen LogP contribution in [0.15, 0.2) is 18.2 Å². The maximum Gasteiger partial charge on any atom is 0.255 e. The minimum Gasteiger partial charge on any atom is -0.337 e. The van der Waals surface area contributed by atoms with Gasteiger partial charge in [-0.3, -0.25) is 4.79 Å². The average Bonchev–Trinajstić information content (AvgIpc) is 2.84. The minimum absolute atomic E-state index is 0.102. The summed E-state index contributed by atoms with van der Waals surface area (Å²) in [5.74, 6) is -0.793. The Morgan fingerprint density at radius 1 is 1.59 bits per heavy atom. The Labute approximate surface area is 105 Å². The van der Waals surface area contributed by atoms with Crippen molar-refractivity contribution in [3.05, 3.63) is 34.6 Å². The molecule has 1 aromatic carbocycles. The maximum absolute atomic E-state index is 13.3. The topological polar surface area (TPSA) is 32.3 Å². The number of benzene rings is 1. The highest BCUT2D eigenvalue weighted by Crippen LogP contribution is 2.22. The van der Waals surface area contributed by atoms with Gasteiger partial charge >= 0.3 is 0 Å². The van der Waals surface area contributed by atoms with Crippen LogP contribution >= 0.6 is 11.6 Å². The van der Waals surface area contributed by atoms with Gasteiger partial charge in [-0.25, -0.2) is 4.39 Å². The van der Waals surface area contributed by atoms with Crippen LogP contribution in [0, 0.1) is 5.82 Å². The van der Waals surface area contributed by atoms with Crippen LogP contribution in [0.4, 0.5) is 4.39 Å². The summed E-state index contributed by atoms with van der Waals surface area (Å²) in [5.41, 5.74) is 0.223. The van der Waals surface area contributed by atoms with Crippen molar-refractivity contribution in [1.82, 2.24) is 10.2 Å². The van der Waals surface area contributed by atoms with Crippen molar-refractivity contribution in [1.29, 1.82) is 0 Å². The van der Waals surface area contributed by atoms with Crippen LogP contribution < -0.4 is 5.32 Å². The summed E-state index contributed by atoms with van der Waals surface area (Å²) in [4.78, 5) is 13.8. The van der Waals surface area contributed by atoms with Gasteiger partial charge in [-0.15, -0.1) is 0 Å². The molecule has 0 aromatic heterocycles. The van der Waals surface area contributed by atoms with Crippen molar-refractivity contribution in [3.63, 3.8) is 0 Å². The van der Waals surface area contributed by atoms with Gasteiger partial charge in [-0.1, -0.05) is 17.7 Å². The quantitative estimate of drug-likeness (QED) is 0.877. The van der Waals surface area contributed by atoms with Gasteiger partial charge in [-0.2, -0.15) is 0 Å². The molecule has 2 rings (SSSR count). The van der Waals surface area contributed by atoms with Gasteiger partial charge in [0.2, 0.25) is 0 Å². The molecule has 92 valence electrons. The van der Waals surface area contributed by atoms with E-state index >= 15 is 0 Å². The summed E-state index contributed by atoms with van der Waals surface area (Å²) in [5, 5.41) is 3.08. The maximum atomic E-state index is 13.3. The standard InChI is InChI=1S/C12H14ClFN2O/c1-16(8-5-6-15-7-8)12(17)9-3-2-4-10(14)11(9)13/h2-4,8,15H,5-7H2,1H3/t8-/m1/s1. The molecule has 1 saturated heterocycles. The summed E-state index contributed by atoms with van der Waals surface area (Å²) < 4.78 is 13.3. The van der Waals surface area contributed by atoms with E-state index in [0.29, 0.717) is 0 Å². The monoisotopic (exact) mass is 256 g/mol. The molecule has 17 heavy (non-hydrogen) atoms. The van der Waals surface area contributed by atoms with E-state index in [-0.39, 0.29) is 22.5 Å². The molecule has 0 saturated carbocycles. The van der Waals surface area contributed by atoms with Crippen LogP contribution in [0.1, 0.15) is 16.8 Å². The minimum atomic E-state index is -0.560. The number of hydrogen-bond donors (Lipinski definition) is 1. The molecule has 5 heteroatoms. The van der Waals surface area contributed by atoms with Crippen molar-refractivity contribution in [2.24, 2.45) is 0 Å². The fraction of sp³-hybridized carbons (Fsp3) is 0.417. The molecule has 0 bridgehead atoms. The first-order valence-corrected chi connectivity index (χ1v) is 5.91. The van der Waals surface area contributed by atoms with Crippen LogP contribution in [0.2, 0.25) is 5.02 Å². The first kappa shape index (κ1) is 12.3. The molecule has 0 aliphatic carbocycles. The van der Waals surface area contributed by atoms with Crippen LogP contribution in [-0.4, -0.2) is 37.0 Å². The number of rotatable bonds is 2. The van der Waals surface area contributed by atoms with Crippen LogP contribution in [0.3, 0.4) is 0 Å². The molecule has 1 N–H and O–H groups in total. The van der Waals surface area contributed by atoms with Crippen molar-refractivity contribution in [3.8, 4) is 0 Å². The number of halogens is 2. The molecule has 1 aromatic rings. The van der Waals surface area contributed by atoms with E-state index in [1.54, 1.807) is 18.0 Å². The lowest BCUT2D eigenvalue weighted by molar-refractivity contribution is 0.0743. The smallest absolute Gasteiger partial charge is 0.255 e. The van der Waals surface area contributed by atoms with E-state index < -0.39 is 5.82 Å². The Kier molecular flexibility index (Phi) is 3.64. The predicted molar refractivity (Wildman–Crippen MR) is 64.8 cm³/mol. The molecule has 1 fully saturated rings. The third kappa shape index (κ3) is 2.42. The molecular formula is C12H14ClFN2O. The van der Waals surface area contributed by atoms with Crippen LogP contribution in [-0.2, 0) is 0 Å². The summed E-state index contributed by atoms with van der Waals surface area (Å²) in [6.45, 7) is 1.67. The normalized spacial score (nSPS) is 19.4. The van der Waals surface area contributed by atoms with Crippen molar-refractivity contribution < 1.29 is 9.18 Å². The van der Waals surface area contributed by atoms with E-state index in [4.69, 9.17) is 11.6 Å². The summed E-state index contributed by atoms with van der Waals surface area (Å²) in [6, 6.07) is 4.44. The van der Waals surface area contributed by atoms with Crippen LogP contribution in [0.25, 0.3) is 0 Å². The summed E-state index contributed by atoms with van der Waals surface area (Å²) in [6.07, 6.45) is 0.912. The third-order valence-corrected chi connectivity index (χ3v) is 3.47. The van der Waals surface area contributed by atoms with Gasteiger partial charge in [0.25, 0.3) is 5.91 Å². The number of hydrogen-bond acceptors (Lipinski definition) is 2. The van der Waals surface area contributed by atoms with Gasteiger partial charge in [-0.05, 0) is 25.1 Å². The molecule has 0 unspecified atom stereocenters. The molecule has 1 aliphatic rings. The van der Waals surface area contributed by atoms with Crippen molar-refractivity contribution >= 4 is 17.5 Å². The average molecular weight is 257 g/mol. The first-order chi connectivity index (χ1) is 8.11. The molecule has 1 heterocycles. The second kappa shape index (κ2) is 5.02. The number of carbonyl (C=O) groups is 1. The van der Waals surface area contributed by atoms with E-state index in [1.165, 1.54) is 12.1 Å². The van der Waals surface area contributed by atoms with Gasteiger partial charge in [0, 0.05) is 19.6 Å². The van der Waals surface area contributed by atoms with E-state index in [1.807, 2.05) is 0 Å². The van der Waals surface area contributed by atoms with Gasteiger partial charge in [0.1, 0.15) is 5.82 Å². The Morgan fingerprint density at radius 2 is 2.35 bits per heavy atom. The summed E-state index contributed by atoms with van der Waals surface area (Å²) >= 11 is 5.80. The Hall–Kier alpha value is -1.13. The molecule has 0 spiro atoms. The third-order valence-electron chi connectivity index (χ3n) is 3.08. The summed E-state index contributed by atoms with van der Waals surface area (Å²) in [7, 11) is 1.72. The highest BCUT2D eigenvalue weighted by molar-refractivity contribution is 6.34. The lowest BCUT2D eigenvalue weighted by atomic mass is 10.1. The molecule has 1 atom stereocenters. The lowest BCUT2D eigenvalue weighted by Crippen LogP contribution is -2.38. The second-order valence-corrected chi connectivity index (χ2v) is 4.54. The largest absolute Gasteiger partial charge is 0.337 e. The van der Waals surface area contributed by atoms with Crippen molar-refractivity contribution in [2.45, 2.75) is 12.5 Å². The van der Waals surface area contributed by atoms with Gasteiger partial charge in [0.15, 0.2) is 0 Å². The van der Waals surface area contributed by atoms with E-state index in [9.17, 15) is 9.18 Å². The van der Waals surface area contributed by atoms with Gasteiger partial charge in [0.05, 0.1) is 10.6 Å².